The molecule has 0 aliphatic rings. The van der Waals surface area contributed by atoms with E-state index < -0.39 is 0 Å². The van der Waals surface area contributed by atoms with E-state index in [-0.39, 0.29) is 24.0 Å². The summed E-state index contributed by atoms with van der Waals surface area (Å²) in [4.78, 5) is 4.29. The highest BCUT2D eigenvalue weighted by Crippen LogP contribution is 2.27. The van der Waals surface area contributed by atoms with Gasteiger partial charge in [-0.05, 0) is 47.7 Å². The SMILES string of the molecule is CN=C(NCCC(C)c1ccc(OC)cc1)NCc1ccc(OC)c(OC)c1.I. The van der Waals surface area contributed by atoms with Gasteiger partial charge in [-0.1, -0.05) is 25.1 Å². The van der Waals surface area contributed by atoms with Crippen molar-refractivity contribution in [3.8, 4) is 17.2 Å². The van der Waals surface area contributed by atoms with Gasteiger partial charge in [0.15, 0.2) is 17.5 Å². The average Bonchev–Trinajstić information content (AvgIpc) is 2.75. The molecule has 0 aromatic heterocycles. The van der Waals surface area contributed by atoms with Gasteiger partial charge in [0.2, 0.25) is 0 Å². The molecule has 0 radical (unpaired) electrons. The Labute approximate surface area is 191 Å². The number of benzene rings is 2. The van der Waals surface area contributed by atoms with E-state index in [1.54, 1.807) is 28.4 Å². The average molecular weight is 513 g/mol. The maximum atomic E-state index is 5.35. The van der Waals surface area contributed by atoms with Gasteiger partial charge < -0.3 is 24.8 Å². The number of guanidine groups is 1. The Morgan fingerprint density at radius 2 is 1.62 bits per heavy atom. The highest BCUT2D eigenvalue weighted by molar-refractivity contribution is 14.0. The normalized spacial score (nSPS) is 11.8. The van der Waals surface area contributed by atoms with Crippen LogP contribution in [0, 0.1) is 0 Å². The molecule has 6 nitrogen and oxygen atoms in total. The third-order valence-electron chi connectivity index (χ3n) is 4.69. The fourth-order valence-electron chi connectivity index (χ4n) is 2.90. The number of nitrogens with zero attached hydrogens (tertiary/aromatic N) is 1. The number of ether oxygens (including phenoxy) is 3. The van der Waals surface area contributed by atoms with Crippen LogP contribution in [0.5, 0.6) is 17.2 Å². The molecule has 7 heteroatoms. The fraction of sp³-hybridized carbons (Fsp3) is 0.409. The fourth-order valence-corrected chi connectivity index (χ4v) is 2.90. The zero-order chi connectivity index (χ0) is 20.4. The van der Waals surface area contributed by atoms with E-state index in [1.165, 1.54) is 5.56 Å². The molecule has 0 heterocycles. The number of nitrogens with one attached hydrogen (secondary N) is 2. The summed E-state index contributed by atoms with van der Waals surface area (Å²) >= 11 is 0. The van der Waals surface area contributed by atoms with Crippen LogP contribution in [-0.4, -0.2) is 40.9 Å². The minimum Gasteiger partial charge on any atom is -0.497 e. The molecule has 0 amide bonds. The Kier molecular flexibility index (Phi) is 11.3. The highest BCUT2D eigenvalue weighted by atomic mass is 127. The summed E-state index contributed by atoms with van der Waals surface area (Å²) < 4.78 is 15.8. The van der Waals surface area contributed by atoms with Crippen LogP contribution >= 0.6 is 24.0 Å². The molecule has 160 valence electrons. The second-order valence-electron chi connectivity index (χ2n) is 6.50. The van der Waals surface area contributed by atoms with Crippen LogP contribution in [0.3, 0.4) is 0 Å². The van der Waals surface area contributed by atoms with Gasteiger partial charge in [-0.15, -0.1) is 24.0 Å². The quantitative estimate of drug-likeness (QED) is 0.299. The first-order valence-electron chi connectivity index (χ1n) is 9.40. The van der Waals surface area contributed by atoms with Crippen molar-refractivity contribution in [3.63, 3.8) is 0 Å². The van der Waals surface area contributed by atoms with E-state index >= 15 is 0 Å². The third-order valence-corrected chi connectivity index (χ3v) is 4.69. The molecule has 2 rings (SSSR count). The molecule has 0 spiro atoms. The molecular formula is C22H32IN3O3. The Morgan fingerprint density at radius 3 is 2.21 bits per heavy atom. The molecule has 2 aromatic rings. The number of methoxy groups -OCH3 is 3. The maximum absolute atomic E-state index is 5.35. The van der Waals surface area contributed by atoms with Crippen LogP contribution in [0.1, 0.15) is 30.4 Å². The van der Waals surface area contributed by atoms with Crippen LogP contribution in [0.4, 0.5) is 0 Å². The topological polar surface area (TPSA) is 64.1 Å². The summed E-state index contributed by atoms with van der Waals surface area (Å²) in [6.07, 6.45) is 1.00. The van der Waals surface area contributed by atoms with Crippen LogP contribution < -0.4 is 24.8 Å². The summed E-state index contributed by atoms with van der Waals surface area (Å²) in [5.74, 6) is 3.55. The molecule has 0 saturated carbocycles. The molecule has 0 aliphatic heterocycles. The zero-order valence-electron chi connectivity index (χ0n) is 17.8. The van der Waals surface area contributed by atoms with Crippen molar-refractivity contribution in [2.45, 2.75) is 25.8 Å². The van der Waals surface area contributed by atoms with Crippen molar-refractivity contribution in [1.82, 2.24) is 10.6 Å². The van der Waals surface area contributed by atoms with Crippen molar-refractivity contribution in [3.05, 3.63) is 53.6 Å². The van der Waals surface area contributed by atoms with Crippen molar-refractivity contribution in [2.24, 2.45) is 4.99 Å². The second kappa shape index (κ2) is 13.1. The molecule has 0 saturated heterocycles. The van der Waals surface area contributed by atoms with Crippen molar-refractivity contribution in [1.29, 1.82) is 0 Å². The largest absolute Gasteiger partial charge is 0.497 e. The van der Waals surface area contributed by atoms with E-state index in [4.69, 9.17) is 14.2 Å². The smallest absolute Gasteiger partial charge is 0.191 e. The lowest BCUT2D eigenvalue weighted by Crippen LogP contribution is -2.37. The summed E-state index contributed by atoms with van der Waals surface area (Å²) in [6, 6.07) is 14.1. The first-order valence-corrected chi connectivity index (χ1v) is 9.40. The molecule has 1 unspecified atom stereocenters. The lowest BCUT2D eigenvalue weighted by Gasteiger charge is -2.16. The van der Waals surface area contributed by atoms with Crippen molar-refractivity contribution >= 4 is 29.9 Å². The maximum Gasteiger partial charge on any atom is 0.191 e. The summed E-state index contributed by atoms with van der Waals surface area (Å²) in [6.45, 7) is 3.70. The molecule has 0 bridgehead atoms. The monoisotopic (exact) mass is 513 g/mol. The van der Waals surface area contributed by atoms with E-state index in [2.05, 4.69) is 34.7 Å². The van der Waals surface area contributed by atoms with Gasteiger partial charge in [-0.3, -0.25) is 4.99 Å². The number of halogens is 1. The number of rotatable bonds is 9. The molecular weight excluding hydrogens is 481 g/mol. The first-order chi connectivity index (χ1) is 13.6. The predicted octanol–water partition coefficient (Wildman–Crippen LogP) is 4.19. The van der Waals surface area contributed by atoms with Crippen LogP contribution in [0.15, 0.2) is 47.5 Å². The van der Waals surface area contributed by atoms with E-state index in [9.17, 15) is 0 Å². The summed E-state index contributed by atoms with van der Waals surface area (Å²) in [5.41, 5.74) is 2.39. The molecule has 2 N–H and O–H groups in total. The Morgan fingerprint density at radius 1 is 0.931 bits per heavy atom. The van der Waals surface area contributed by atoms with Crippen LogP contribution in [0.2, 0.25) is 0 Å². The minimum atomic E-state index is 0. The Balaban J connectivity index is 0.00000420. The van der Waals surface area contributed by atoms with Gasteiger partial charge in [0.05, 0.1) is 21.3 Å². The van der Waals surface area contributed by atoms with E-state index in [0.717, 1.165) is 41.7 Å². The number of aliphatic imine (C=N–C) groups is 1. The van der Waals surface area contributed by atoms with Gasteiger partial charge in [-0.25, -0.2) is 0 Å². The summed E-state index contributed by atoms with van der Waals surface area (Å²) in [7, 11) is 6.73. The molecule has 2 aromatic carbocycles. The number of hydrogen-bond donors (Lipinski definition) is 2. The van der Waals surface area contributed by atoms with Gasteiger partial charge in [-0.2, -0.15) is 0 Å². The molecule has 0 aliphatic carbocycles. The van der Waals surface area contributed by atoms with Crippen LogP contribution in [-0.2, 0) is 6.54 Å². The lowest BCUT2D eigenvalue weighted by molar-refractivity contribution is 0.354. The number of hydrogen-bond acceptors (Lipinski definition) is 4. The first kappa shape index (κ1) is 24.9. The van der Waals surface area contributed by atoms with E-state index in [0.29, 0.717) is 12.5 Å². The highest BCUT2D eigenvalue weighted by Gasteiger charge is 2.08. The molecule has 1 atom stereocenters. The van der Waals surface area contributed by atoms with Gasteiger partial charge in [0.1, 0.15) is 5.75 Å². The second-order valence-corrected chi connectivity index (χ2v) is 6.50. The Hall–Kier alpha value is -2.16. The molecule has 29 heavy (non-hydrogen) atoms. The van der Waals surface area contributed by atoms with Gasteiger partial charge >= 0.3 is 0 Å². The van der Waals surface area contributed by atoms with Crippen molar-refractivity contribution in [2.75, 3.05) is 34.9 Å². The summed E-state index contributed by atoms with van der Waals surface area (Å²) in [5, 5.41) is 6.70. The van der Waals surface area contributed by atoms with Crippen LogP contribution in [0.25, 0.3) is 0 Å². The van der Waals surface area contributed by atoms with Gasteiger partial charge in [0, 0.05) is 20.1 Å². The van der Waals surface area contributed by atoms with Gasteiger partial charge in [0.25, 0.3) is 0 Å². The molecule has 0 fully saturated rings. The lowest BCUT2D eigenvalue weighted by atomic mass is 9.98. The predicted molar refractivity (Wildman–Crippen MR) is 129 cm³/mol. The zero-order valence-corrected chi connectivity index (χ0v) is 20.2. The minimum absolute atomic E-state index is 0. The standard InChI is InChI=1S/C22H31N3O3.HI/c1-16(18-7-9-19(26-3)10-8-18)12-13-24-22(23-2)25-15-17-6-11-20(27-4)21(14-17)28-5;/h6-11,14,16H,12-13,15H2,1-5H3,(H2,23,24,25);1H. The van der Waals surface area contributed by atoms with Crippen molar-refractivity contribution < 1.29 is 14.2 Å². The Bertz CT molecular complexity index is 766. The van der Waals surface area contributed by atoms with E-state index in [1.807, 2.05) is 30.3 Å². The third kappa shape index (κ3) is 7.64.